The minimum atomic E-state index is 0. The molecule has 0 radical (unpaired) electrons. The molecule has 1 atom stereocenters. The Labute approximate surface area is 131 Å². The third kappa shape index (κ3) is 4.22. The summed E-state index contributed by atoms with van der Waals surface area (Å²) in [5.74, 6) is 0.302. The van der Waals surface area contributed by atoms with Crippen LogP contribution >= 0.6 is 12.4 Å². The Bertz CT molecular complexity index is 622. The molecule has 4 nitrogen and oxygen atoms in total. The lowest BCUT2D eigenvalue weighted by Crippen LogP contribution is -2.32. The van der Waals surface area contributed by atoms with Crippen molar-refractivity contribution in [3.05, 3.63) is 35.1 Å². The van der Waals surface area contributed by atoms with Gasteiger partial charge in [-0.25, -0.2) is 0 Å². The van der Waals surface area contributed by atoms with Crippen LogP contribution in [0.15, 0.2) is 22.8 Å². The van der Waals surface area contributed by atoms with E-state index in [0.717, 1.165) is 16.5 Å². The molecule has 0 fully saturated rings. The van der Waals surface area contributed by atoms with Gasteiger partial charge in [-0.05, 0) is 49.6 Å². The van der Waals surface area contributed by atoms with Crippen molar-refractivity contribution < 1.29 is 9.21 Å². The van der Waals surface area contributed by atoms with Crippen molar-refractivity contribution in [2.45, 2.75) is 27.2 Å². The summed E-state index contributed by atoms with van der Waals surface area (Å²) in [5, 5.41) is 3.92. The summed E-state index contributed by atoms with van der Waals surface area (Å²) in [4.78, 5) is 11.9. The highest BCUT2D eigenvalue weighted by Crippen LogP contribution is 2.25. The zero-order valence-electron chi connectivity index (χ0n) is 12.7. The monoisotopic (exact) mass is 310 g/mol. The van der Waals surface area contributed by atoms with E-state index in [1.165, 1.54) is 11.1 Å². The zero-order chi connectivity index (χ0) is 14.7. The summed E-state index contributed by atoms with van der Waals surface area (Å²) in [6.07, 6.45) is 2.02. The van der Waals surface area contributed by atoms with E-state index in [4.69, 9.17) is 10.2 Å². The molecule has 0 bridgehead atoms. The lowest BCUT2D eigenvalue weighted by Gasteiger charge is -2.09. The van der Waals surface area contributed by atoms with Crippen LogP contribution in [0.2, 0.25) is 0 Å². The normalized spacial score (nSPS) is 12.0. The first-order valence-electron chi connectivity index (χ1n) is 6.95. The molecule has 0 saturated heterocycles. The summed E-state index contributed by atoms with van der Waals surface area (Å²) >= 11 is 0. The van der Waals surface area contributed by atoms with Gasteiger partial charge in [-0.3, -0.25) is 4.79 Å². The van der Waals surface area contributed by atoms with Crippen LogP contribution in [-0.4, -0.2) is 19.0 Å². The Morgan fingerprint density at radius 1 is 1.33 bits per heavy atom. The Morgan fingerprint density at radius 2 is 2.00 bits per heavy atom. The lowest BCUT2D eigenvalue weighted by atomic mass is 10.0. The zero-order valence-corrected chi connectivity index (χ0v) is 13.5. The number of fused-ring (bicyclic) bond motifs is 1. The minimum absolute atomic E-state index is 0. The van der Waals surface area contributed by atoms with Crippen LogP contribution in [0.4, 0.5) is 0 Å². The van der Waals surface area contributed by atoms with Crippen molar-refractivity contribution >= 4 is 29.3 Å². The number of carbonyl (C=O) groups excluding carboxylic acids is 1. The van der Waals surface area contributed by atoms with Crippen LogP contribution in [0.5, 0.6) is 0 Å². The van der Waals surface area contributed by atoms with E-state index in [9.17, 15) is 4.79 Å². The predicted molar refractivity (Wildman–Crippen MR) is 87.9 cm³/mol. The molecule has 3 N–H and O–H groups in total. The van der Waals surface area contributed by atoms with E-state index >= 15 is 0 Å². The maximum absolute atomic E-state index is 11.9. The van der Waals surface area contributed by atoms with Crippen molar-refractivity contribution in [1.82, 2.24) is 5.32 Å². The Morgan fingerprint density at radius 3 is 2.67 bits per heavy atom. The van der Waals surface area contributed by atoms with Gasteiger partial charge in [-0.1, -0.05) is 6.92 Å². The molecule has 21 heavy (non-hydrogen) atoms. The van der Waals surface area contributed by atoms with Crippen LogP contribution in [0, 0.1) is 19.8 Å². The molecule has 1 unspecified atom stereocenters. The molecule has 2 rings (SSSR count). The highest BCUT2D eigenvalue weighted by Gasteiger charge is 2.12. The quantitative estimate of drug-likeness (QED) is 0.892. The Kier molecular flexibility index (Phi) is 6.24. The van der Waals surface area contributed by atoms with Gasteiger partial charge in [-0.2, -0.15) is 0 Å². The van der Waals surface area contributed by atoms with E-state index in [-0.39, 0.29) is 18.3 Å². The van der Waals surface area contributed by atoms with Crippen LogP contribution in [0.1, 0.15) is 23.6 Å². The predicted octanol–water partition coefficient (Wildman–Crippen LogP) is 2.72. The lowest BCUT2D eigenvalue weighted by molar-refractivity contribution is -0.120. The number of hydrogen-bond donors (Lipinski definition) is 2. The van der Waals surface area contributed by atoms with Gasteiger partial charge < -0.3 is 15.5 Å². The van der Waals surface area contributed by atoms with E-state index in [1.807, 2.05) is 13.0 Å². The topological polar surface area (TPSA) is 68.3 Å². The van der Waals surface area contributed by atoms with E-state index < -0.39 is 0 Å². The van der Waals surface area contributed by atoms with Crippen molar-refractivity contribution in [2.75, 3.05) is 13.1 Å². The smallest absolute Gasteiger partial charge is 0.224 e. The molecule has 1 aromatic carbocycles. The van der Waals surface area contributed by atoms with Crippen molar-refractivity contribution in [3.8, 4) is 0 Å². The van der Waals surface area contributed by atoms with Gasteiger partial charge in [0.05, 0.1) is 12.7 Å². The second kappa shape index (κ2) is 7.48. The van der Waals surface area contributed by atoms with Crippen LogP contribution in [0.3, 0.4) is 0 Å². The van der Waals surface area contributed by atoms with E-state index in [0.29, 0.717) is 25.4 Å². The molecule has 0 spiro atoms. The third-order valence-electron chi connectivity index (χ3n) is 3.67. The maximum Gasteiger partial charge on any atom is 0.224 e. The second-order valence-electron chi connectivity index (χ2n) is 5.52. The highest BCUT2D eigenvalue weighted by atomic mass is 35.5. The van der Waals surface area contributed by atoms with Crippen molar-refractivity contribution in [2.24, 2.45) is 11.7 Å². The fourth-order valence-corrected chi connectivity index (χ4v) is 2.08. The van der Waals surface area contributed by atoms with Crippen LogP contribution in [-0.2, 0) is 11.2 Å². The molecular formula is C16H23ClN2O2. The highest BCUT2D eigenvalue weighted by molar-refractivity contribution is 5.88. The molecule has 1 heterocycles. The average Bonchev–Trinajstić information content (AvgIpc) is 2.79. The molecule has 116 valence electrons. The van der Waals surface area contributed by atoms with Gasteiger partial charge in [0.2, 0.25) is 5.91 Å². The summed E-state index contributed by atoms with van der Waals surface area (Å²) < 4.78 is 5.53. The molecule has 0 saturated carbocycles. The number of aryl methyl sites for hydroxylation is 2. The number of rotatable bonds is 5. The summed E-state index contributed by atoms with van der Waals surface area (Å²) in [6.45, 7) is 7.32. The fourth-order valence-electron chi connectivity index (χ4n) is 2.08. The third-order valence-corrected chi connectivity index (χ3v) is 3.67. The largest absolute Gasteiger partial charge is 0.464 e. The molecule has 1 aromatic heterocycles. The maximum atomic E-state index is 11.9. The van der Waals surface area contributed by atoms with Gasteiger partial charge in [-0.15, -0.1) is 12.4 Å². The van der Waals surface area contributed by atoms with Gasteiger partial charge >= 0.3 is 0 Å². The standard InChI is InChI=1S/C16H22N2O2.ClH/c1-10(7-17)8-18-16(19)6-13-9-20-15-5-12(3)11(2)4-14(13)15;/h4-5,9-10H,6-8,17H2,1-3H3,(H,18,19);1H. The molecule has 0 aliphatic carbocycles. The van der Waals surface area contributed by atoms with Gasteiger partial charge in [0.25, 0.3) is 0 Å². The number of hydrogen-bond acceptors (Lipinski definition) is 3. The number of furan rings is 1. The number of nitrogens with one attached hydrogen (secondary N) is 1. The van der Waals surface area contributed by atoms with Crippen molar-refractivity contribution in [1.29, 1.82) is 0 Å². The van der Waals surface area contributed by atoms with Gasteiger partial charge in [0.1, 0.15) is 5.58 Å². The van der Waals surface area contributed by atoms with Gasteiger partial charge in [0, 0.05) is 17.5 Å². The number of amides is 1. The van der Waals surface area contributed by atoms with Gasteiger partial charge in [0.15, 0.2) is 0 Å². The Hall–Kier alpha value is -1.52. The summed E-state index contributed by atoms with van der Waals surface area (Å²) in [5.41, 5.74) is 9.70. The average molecular weight is 311 g/mol. The number of halogens is 1. The van der Waals surface area contributed by atoms with Crippen molar-refractivity contribution in [3.63, 3.8) is 0 Å². The second-order valence-corrected chi connectivity index (χ2v) is 5.52. The van der Waals surface area contributed by atoms with E-state index in [2.05, 4.69) is 25.2 Å². The molecule has 5 heteroatoms. The number of nitrogens with two attached hydrogens (primary N) is 1. The Balaban J connectivity index is 0.00000220. The molecule has 0 aliphatic heterocycles. The van der Waals surface area contributed by atoms with Crippen LogP contribution in [0.25, 0.3) is 11.0 Å². The minimum Gasteiger partial charge on any atom is -0.464 e. The summed E-state index contributed by atoms with van der Waals surface area (Å²) in [7, 11) is 0. The van der Waals surface area contributed by atoms with E-state index in [1.54, 1.807) is 6.26 Å². The SMILES string of the molecule is Cc1cc2occ(CC(=O)NCC(C)CN)c2cc1C.Cl. The first-order valence-corrected chi connectivity index (χ1v) is 6.95. The fraction of sp³-hybridized carbons (Fsp3) is 0.438. The first-order chi connectivity index (χ1) is 9.51. The summed E-state index contributed by atoms with van der Waals surface area (Å²) in [6, 6.07) is 4.10. The molecule has 1 amide bonds. The first kappa shape index (κ1) is 17.5. The number of carbonyl (C=O) groups is 1. The molecule has 2 aromatic rings. The number of benzene rings is 1. The molecular weight excluding hydrogens is 288 g/mol. The van der Waals surface area contributed by atoms with Crippen LogP contribution < -0.4 is 11.1 Å². The molecule has 0 aliphatic rings.